The van der Waals surface area contributed by atoms with Crippen molar-refractivity contribution in [3.05, 3.63) is 40.2 Å². The molecule has 1 aromatic carbocycles. The number of phenolic OH excluding ortho intramolecular Hbond substituents is 2. The first-order valence-electron chi connectivity index (χ1n) is 9.91. The Kier molecular flexibility index (Phi) is 7.07. The summed E-state index contributed by atoms with van der Waals surface area (Å²) >= 11 is 5.82. The molecule has 3 rings (SSSR count). The first-order chi connectivity index (χ1) is 15.9. The van der Waals surface area contributed by atoms with Gasteiger partial charge in [0.15, 0.2) is 28.2 Å². The monoisotopic (exact) mass is 516 g/mol. The molecule has 0 radical (unpaired) electrons. The third-order valence-electron chi connectivity index (χ3n) is 5.63. The van der Waals surface area contributed by atoms with Gasteiger partial charge in [0.2, 0.25) is 5.91 Å². The van der Waals surface area contributed by atoms with Gasteiger partial charge >= 0.3 is 11.9 Å². The van der Waals surface area contributed by atoms with E-state index < -0.39 is 61.9 Å². The van der Waals surface area contributed by atoms with Crippen LogP contribution in [-0.2, 0) is 36.2 Å². The molecule has 34 heavy (non-hydrogen) atoms. The molecule has 0 bridgehead atoms. The number of carboxylic acids is 1. The molecule has 3 atom stereocenters. The molecule has 184 valence electrons. The Morgan fingerprint density at radius 3 is 2.62 bits per heavy atom. The molecule has 0 unspecified atom stereocenters. The topological polar surface area (TPSA) is 185 Å². The molecule has 3 N–H and O–H groups in total. The summed E-state index contributed by atoms with van der Waals surface area (Å²) in [4.78, 5) is 37.2. The number of phenols is 2. The van der Waals surface area contributed by atoms with Crippen LogP contribution in [0.1, 0.15) is 42.1 Å². The lowest BCUT2D eigenvalue weighted by molar-refractivity contribution is -0.163. The SMILES string of the molecule is C[C@@H]1CC(=O)N1[C@@H](C(=O)O)[C@](C)(c1cc(CCOC(=O)c2ccc(O)c(O)c2Cl)on1)[SH](=O)=O. The molecule has 1 amide bonds. The third-order valence-corrected chi connectivity index (χ3v) is 7.25. The molecular weight excluding hydrogens is 496 g/mol. The maximum atomic E-state index is 12.2. The van der Waals surface area contributed by atoms with E-state index in [0.717, 1.165) is 24.0 Å². The Hall–Kier alpha value is -3.32. The lowest BCUT2D eigenvalue weighted by Gasteiger charge is -2.46. The molecule has 1 saturated heterocycles. The number of β-lactam (4-membered cyclic amide) rings is 1. The van der Waals surface area contributed by atoms with E-state index in [-0.39, 0.29) is 36.5 Å². The molecule has 14 heteroatoms. The van der Waals surface area contributed by atoms with Crippen LogP contribution in [0.15, 0.2) is 22.7 Å². The highest BCUT2D eigenvalue weighted by atomic mass is 35.5. The van der Waals surface area contributed by atoms with Crippen LogP contribution in [0, 0.1) is 0 Å². The van der Waals surface area contributed by atoms with Crippen molar-refractivity contribution in [2.24, 2.45) is 0 Å². The summed E-state index contributed by atoms with van der Waals surface area (Å²) in [6.07, 6.45) is 0.0523. The number of rotatable bonds is 9. The fourth-order valence-electron chi connectivity index (χ4n) is 3.66. The molecule has 1 aliphatic rings. The number of benzene rings is 1. The highest BCUT2D eigenvalue weighted by Crippen LogP contribution is 2.37. The molecule has 0 aliphatic carbocycles. The Morgan fingerprint density at radius 2 is 2.06 bits per heavy atom. The second kappa shape index (κ2) is 9.50. The van der Waals surface area contributed by atoms with Crippen LogP contribution in [0.25, 0.3) is 0 Å². The normalized spacial score (nSPS) is 18.3. The summed E-state index contributed by atoms with van der Waals surface area (Å²) in [6, 6.07) is 1.27. The number of hydrogen-bond donors (Lipinski definition) is 4. The number of thiol groups is 1. The van der Waals surface area contributed by atoms with E-state index in [1.807, 2.05) is 0 Å². The largest absolute Gasteiger partial charge is 0.504 e. The Morgan fingerprint density at radius 1 is 1.38 bits per heavy atom. The predicted octanol–water partition coefficient (Wildman–Crippen LogP) is 1.04. The van der Waals surface area contributed by atoms with E-state index in [0.29, 0.717) is 0 Å². The number of amides is 1. The van der Waals surface area contributed by atoms with Crippen molar-refractivity contribution in [3.8, 4) is 11.5 Å². The van der Waals surface area contributed by atoms with Gasteiger partial charge in [-0.1, -0.05) is 16.8 Å². The Bertz CT molecular complexity index is 1220. The fourth-order valence-corrected chi connectivity index (χ4v) is 4.62. The number of nitrogens with zero attached hydrogens (tertiary/aromatic N) is 2. The zero-order chi connectivity index (χ0) is 25.4. The maximum Gasteiger partial charge on any atom is 0.339 e. The van der Waals surface area contributed by atoms with Gasteiger partial charge in [0.1, 0.15) is 21.2 Å². The number of aliphatic carboxylic acids is 1. The van der Waals surface area contributed by atoms with Crippen molar-refractivity contribution < 1.29 is 47.4 Å². The summed E-state index contributed by atoms with van der Waals surface area (Å²) in [5.74, 6) is -3.98. The average Bonchev–Trinajstić information content (AvgIpc) is 3.24. The van der Waals surface area contributed by atoms with E-state index in [4.69, 9.17) is 20.9 Å². The van der Waals surface area contributed by atoms with Gasteiger partial charge in [-0.2, -0.15) is 0 Å². The van der Waals surface area contributed by atoms with Crippen molar-refractivity contribution in [2.75, 3.05) is 6.61 Å². The number of halogens is 1. The predicted molar refractivity (Wildman–Crippen MR) is 115 cm³/mol. The zero-order valence-corrected chi connectivity index (χ0v) is 19.6. The van der Waals surface area contributed by atoms with Crippen LogP contribution < -0.4 is 0 Å². The summed E-state index contributed by atoms with van der Waals surface area (Å²) < 4.78 is 32.5. The first kappa shape index (κ1) is 25.3. The minimum atomic E-state index is -3.43. The van der Waals surface area contributed by atoms with Crippen molar-refractivity contribution in [2.45, 2.75) is 43.5 Å². The molecule has 1 aromatic heterocycles. The molecule has 0 spiro atoms. The van der Waals surface area contributed by atoms with Gasteiger partial charge < -0.3 is 29.5 Å². The van der Waals surface area contributed by atoms with Crippen LogP contribution in [-0.4, -0.2) is 70.3 Å². The fraction of sp³-hybridized carbons (Fsp3) is 0.400. The van der Waals surface area contributed by atoms with Crippen LogP contribution >= 0.6 is 11.6 Å². The van der Waals surface area contributed by atoms with Gasteiger partial charge in [-0.15, -0.1) is 0 Å². The van der Waals surface area contributed by atoms with Crippen LogP contribution in [0.5, 0.6) is 11.5 Å². The van der Waals surface area contributed by atoms with Crippen LogP contribution in [0.2, 0.25) is 5.02 Å². The minimum Gasteiger partial charge on any atom is -0.504 e. The van der Waals surface area contributed by atoms with Crippen molar-refractivity contribution >= 4 is 40.2 Å². The highest BCUT2D eigenvalue weighted by Gasteiger charge is 2.55. The van der Waals surface area contributed by atoms with Gasteiger partial charge in [-0.3, -0.25) is 4.79 Å². The first-order valence-corrected chi connectivity index (χ1v) is 11.5. The van der Waals surface area contributed by atoms with Crippen LogP contribution in [0.4, 0.5) is 0 Å². The molecule has 1 aliphatic heterocycles. The van der Waals surface area contributed by atoms with E-state index in [9.17, 15) is 38.1 Å². The quantitative estimate of drug-likeness (QED) is 0.161. The number of carboxylic acid groups (broad SMARTS) is 1. The van der Waals surface area contributed by atoms with E-state index in [2.05, 4.69) is 5.16 Å². The second-order valence-corrected chi connectivity index (χ2v) is 9.68. The van der Waals surface area contributed by atoms with Gasteiger partial charge in [0.25, 0.3) is 0 Å². The molecule has 12 nitrogen and oxygen atoms in total. The van der Waals surface area contributed by atoms with E-state index in [1.165, 1.54) is 6.07 Å². The maximum absolute atomic E-state index is 12.2. The van der Waals surface area contributed by atoms with Crippen molar-refractivity contribution in [3.63, 3.8) is 0 Å². The summed E-state index contributed by atoms with van der Waals surface area (Å²) in [6.45, 7) is 2.50. The number of hydrogen-bond acceptors (Lipinski definition) is 10. The van der Waals surface area contributed by atoms with Crippen LogP contribution in [0.3, 0.4) is 0 Å². The number of likely N-dealkylation sites (tertiary alicyclic amines) is 1. The van der Waals surface area contributed by atoms with Gasteiger partial charge in [-0.05, 0) is 26.0 Å². The molecule has 1 fully saturated rings. The summed E-state index contributed by atoms with van der Waals surface area (Å²) in [5, 5.41) is 32.1. The standard InChI is InChI=1S/C20H21ClN2O10S/c1-9-7-14(25)23(9)17(18(27)28)20(2,34(30)31)13-8-10(33-22-13)5-6-32-19(29)11-3-4-12(24)16(26)15(11)21/h3-4,8-9,17,24,26,34H,5-7H2,1-2H3,(H,27,28)/t9-,17+,20+/m1/s1. The minimum absolute atomic E-state index is 0.0526. The van der Waals surface area contributed by atoms with Gasteiger partial charge in [-0.25, -0.2) is 18.0 Å². The number of aromatic nitrogens is 1. The van der Waals surface area contributed by atoms with Gasteiger partial charge in [0, 0.05) is 24.9 Å². The number of carbonyl (C=O) groups excluding carboxylic acids is 2. The van der Waals surface area contributed by atoms with Gasteiger partial charge in [0.05, 0.1) is 12.2 Å². The average molecular weight is 517 g/mol. The molecule has 2 aromatic rings. The number of ether oxygens (including phenoxy) is 1. The number of carbonyl (C=O) groups is 3. The zero-order valence-electron chi connectivity index (χ0n) is 17.9. The van der Waals surface area contributed by atoms with Crippen molar-refractivity contribution in [1.82, 2.24) is 10.1 Å². The van der Waals surface area contributed by atoms with E-state index in [1.54, 1.807) is 6.92 Å². The number of aromatic hydroxyl groups is 2. The molecule has 0 saturated carbocycles. The molecular formula is C20H21ClN2O10S. The smallest absolute Gasteiger partial charge is 0.339 e. The highest BCUT2D eigenvalue weighted by molar-refractivity contribution is 7.73. The lowest BCUT2D eigenvalue weighted by Crippen LogP contribution is -2.65. The third kappa shape index (κ3) is 4.40. The number of esters is 1. The Labute approximate surface area is 199 Å². The summed E-state index contributed by atoms with van der Waals surface area (Å²) in [5.41, 5.74) is -0.403. The summed E-state index contributed by atoms with van der Waals surface area (Å²) in [7, 11) is -3.43. The lowest BCUT2D eigenvalue weighted by atomic mass is 9.89. The second-order valence-electron chi connectivity index (χ2n) is 7.86. The Balaban J connectivity index is 1.76. The molecule has 2 heterocycles. The van der Waals surface area contributed by atoms with E-state index >= 15 is 0 Å². The van der Waals surface area contributed by atoms with Crippen molar-refractivity contribution in [1.29, 1.82) is 0 Å².